The molecule has 1 aliphatic heterocycles. The minimum Gasteiger partial charge on any atom is -0.497 e. The predicted octanol–water partition coefficient (Wildman–Crippen LogP) is 0.998. The van der Waals surface area contributed by atoms with Crippen LogP contribution in [0.15, 0.2) is 18.2 Å². The van der Waals surface area contributed by atoms with Crippen molar-refractivity contribution in [1.82, 2.24) is 5.32 Å². The molecule has 17 heavy (non-hydrogen) atoms. The molecular weight excluding hydrogens is 218 g/mol. The highest BCUT2D eigenvalue weighted by Crippen LogP contribution is 2.40. The van der Waals surface area contributed by atoms with E-state index in [2.05, 4.69) is 5.32 Å². The number of imide groups is 1. The quantitative estimate of drug-likeness (QED) is 0.733. The van der Waals surface area contributed by atoms with Crippen molar-refractivity contribution >= 4 is 11.8 Å². The van der Waals surface area contributed by atoms with Crippen molar-refractivity contribution in [3.05, 3.63) is 29.3 Å². The van der Waals surface area contributed by atoms with Crippen LogP contribution in [0.3, 0.4) is 0 Å². The first-order chi connectivity index (χ1) is 8.20. The molecule has 3 rings (SSSR count). The van der Waals surface area contributed by atoms with Gasteiger partial charge in [0.25, 0.3) is 0 Å². The average Bonchev–Trinajstić information content (AvgIpc) is 2.64. The SMILES string of the molecule is COc1ccc2c(c1)[C@@H]1C(=O)NC(=O)[C@@H]1CC2. The molecule has 1 aromatic rings. The van der Waals surface area contributed by atoms with Crippen LogP contribution in [0, 0.1) is 5.92 Å². The number of carbonyl (C=O) groups excluding carboxylic acids is 2. The molecule has 0 aromatic heterocycles. The lowest BCUT2D eigenvalue weighted by Crippen LogP contribution is -2.23. The maximum Gasteiger partial charge on any atom is 0.234 e. The molecular formula is C13H13NO3. The van der Waals surface area contributed by atoms with Gasteiger partial charge < -0.3 is 4.74 Å². The number of benzene rings is 1. The Labute approximate surface area is 99.0 Å². The van der Waals surface area contributed by atoms with Gasteiger partial charge in [-0.15, -0.1) is 0 Å². The normalized spacial score (nSPS) is 26.2. The molecule has 4 nitrogen and oxygen atoms in total. The predicted molar refractivity (Wildman–Crippen MR) is 60.7 cm³/mol. The third kappa shape index (κ3) is 1.44. The first-order valence-electron chi connectivity index (χ1n) is 5.72. The largest absolute Gasteiger partial charge is 0.497 e. The summed E-state index contributed by atoms with van der Waals surface area (Å²) in [7, 11) is 1.60. The summed E-state index contributed by atoms with van der Waals surface area (Å²) in [6.45, 7) is 0. The smallest absolute Gasteiger partial charge is 0.234 e. The van der Waals surface area contributed by atoms with E-state index in [1.165, 1.54) is 0 Å². The van der Waals surface area contributed by atoms with Crippen LogP contribution in [-0.4, -0.2) is 18.9 Å². The number of amides is 2. The first-order valence-corrected chi connectivity index (χ1v) is 5.72. The van der Waals surface area contributed by atoms with Crippen molar-refractivity contribution in [2.24, 2.45) is 5.92 Å². The number of methoxy groups -OCH3 is 1. The number of carbonyl (C=O) groups is 2. The van der Waals surface area contributed by atoms with Crippen LogP contribution >= 0.6 is 0 Å². The number of hydrogen-bond acceptors (Lipinski definition) is 3. The van der Waals surface area contributed by atoms with Crippen LogP contribution in [0.1, 0.15) is 23.5 Å². The molecule has 0 unspecified atom stereocenters. The van der Waals surface area contributed by atoms with Crippen molar-refractivity contribution < 1.29 is 14.3 Å². The molecule has 1 fully saturated rings. The summed E-state index contributed by atoms with van der Waals surface area (Å²) < 4.78 is 5.17. The van der Waals surface area contributed by atoms with E-state index in [1.54, 1.807) is 7.11 Å². The monoisotopic (exact) mass is 231 g/mol. The fraction of sp³-hybridized carbons (Fsp3) is 0.385. The van der Waals surface area contributed by atoms with E-state index in [0.29, 0.717) is 0 Å². The van der Waals surface area contributed by atoms with Gasteiger partial charge in [0.2, 0.25) is 11.8 Å². The van der Waals surface area contributed by atoms with Crippen LogP contribution in [0.25, 0.3) is 0 Å². The Morgan fingerprint density at radius 2 is 2.12 bits per heavy atom. The van der Waals surface area contributed by atoms with E-state index < -0.39 is 0 Å². The van der Waals surface area contributed by atoms with Gasteiger partial charge in [-0.2, -0.15) is 0 Å². The van der Waals surface area contributed by atoms with Gasteiger partial charge in [-0.05, 0) is 36.1 Å². The second-order valence-corrected chi connectivity index (χ2v) is 4.54. The number of hydrogen-bond donors (Lipinski definition) is 1. The highest BCUT2D eigenvalue weighted by atomic mass is 16.5. The standard InChI is InChI=1S/C13H13NO3/c1-17-8-4-2-7-3-5-9-11(10(7)6-8)13(16)14-12(9)15/h2,4,6,9,11H,3,5H2,1H3,(H,14,15,16)/t9-,11-/m1/s1. The van der Waals surface area contributed by atoms with Crippen LogP contribution in [0.5, 0.6) is 5.75 Å². The van der Waals surface area contributed by atoms with Gasteiger partial charge >= 0.3 is 0 Å². The maximum atomic E-state index is 11.8. The lowest BCUT2D eigenvalue weighted by atomic mass is 9.76. The van der Waals surface area contributed by atoms with E-state index >= 15 is 0 Å². The molecule has 4 heteroatoms. The summed E-state index contributed by atoms with van der Waals surface area (Å²) in [6, 6.07) is 5.76. The Morgan fingerprint density at radius 1 is 1.29 bits per heavy atom. The molecule has 2 amide bonds. The second-order valence-electron chi connectivity index (χ2n) is 4.54. The van der Waals surface area contributed by atoms with Gasteiger partial charge in [-0.3, -0.25) is 14.9 Å². The number of rotatable bonds is 1. The molecule has 0 radical (unpaired) electrons. The average molecular weight is 231 g/mol. The topological polar surface area (TPSA) is 55.4 Å². The van der Waals surface area contributed by atoms with Crippen LogP contribution in [-0.2, 0) is 16.0 Å². The Hall–Kier alpha value is -1.84. The third-order valence-electron chi connectivity index (χ3n) is 3.68. The van der Waals surface area contributed by atoms with Gasteiger partial charge in [0.05, 0.1) is 18.9 Å². The molecule has 1 heterocycles. The van der Waals surface area contributed by atoms with Gasteiger partial charge in [-0.25, -0.2) is 0 Å². The van der Waals surface area contributed by atoms with Crippen LogP contribution < -0.4 is 10.1 Å². The lowest BCUT2D eigenvalue weighted by Gasteiger charge is -2.25. The molecule has 0 saturated carbocycles. The molecule has 2 aliphatic rings. The Morgan fingerprint density at radius 3 is 2.88 bits per heavy atom. The van der Waals surface area contributed by atoms with Gasteiger partial charge in [0.1, 0.15) is 5.75 Å². The van der Waals surface area contributed by atoms with Crippen molar-refractivity contribution in [2.45, 2.75) is 18.8 Å². The third-order valence-corrected chi connectivity index (χ3v) is 3.68. The first kappa shape index (κ1) is 10.3. The summed E-state index contributed by atoms with van der Waals surface area (Å²) in [5, 5.41) is 2.42. The van der Waals surface area contributed by atoms with Gasteiger partial charge in [0.15, 0.2) is 0 Å². The van der Waals surface area contributed by atoms with Crippen LogP contribution in [0.2, 0.25) is 0 Å². The van der Waals surface area contributed by atoms with E-state index in [4.69, 9.17) is 4.74 Å². The van der Waals surface area contributed by atoms with Crippen molar-refractivity contribution in [1.29, 1.82) is 0 Å². The minimum absolute atomic E-state index is 0.131. The molecule has 1 aromatic carbocycles. The maximum absolute atomic E-state index is 11.8. The molecule has 88 valence electrons. The van der Waals surface area contributed by atoms with Crippen molar-refractivity contribution in [3.8, 4) is 5.75 Å². The highest BCUT2D eigenvalue weighted by Gasteiger charge is 2.45. The number of nitrogens with one attached hydrogen (secondary N) is 1. The zero-order valence-corrected chi connectivity index (χ0v) is 9.53. The Balaban J connectivity index is 2.10. The molecule has 0 spiro atoms. The minimum atomic E-state index is -0.318. The zero-order valence-electron chi connectivity index (χ0n) is 9.53. The summed E-state index contributed by atoms with van der Waals surface area (Å²) in [5.41, 5.74) is 2.10. The molecule has 1 N–H and O–H groups in total. The molecule has 1 saturated heterocycles. The summed E-state index contributed by atoms with van der Waals surface area (Å²) in [5.74, 6) is -0.0809. The van der Waals surface area contributed by atoms with Gasteiger partial charge in [0, 0.05) is 0 Å². The highest BCUT2D eigenvalue weighted by molar-refractivity contribution is 6.08. The zero-order chi connectivity index (χ0) is 12.0. The molecule has 2 atom stereocenters. The number of ether oxygens (including phenoxy) is 1. The van der Waals surface area contributed by atoms with E-state index in [9.17, 15) is 9.59 Å². The number of fused-ring (bicyclic) bond motifs is 3. The van der Waals surface area contributed by atoms with E-state index in [0.717, 1.165) is 29.7 Å². The Bertz CT molecular complexity index is 509. The fourth-order valence-corrected chi connectivity index (χ4v) is 2.81. The van der Waals surface area contributed by atoms with E-state index in [1.807, 2.05) is 18.2 Å². The Kier molecular flexibility index (Phi) is 2.18. The molecule has 1 aliphatic carbocycles. The summed E-state index contributed by atoms with van der Waals surface area (Å²) in [4.78, 5) is 23.4. The number of aryl methyl sites for hydroxylation is 1. The lowest BCUT2D eigenvalue weighted by molar-refractivity contribution is -0.125. The van der Waals surface area contributed by atoms with E-state index in [-0.39, 0.29) is 23.7 Å². The second kappa shape index (κ2) is 3.58. The summed E-state index contributed by atoms with van der Waals surface area (Å²) >= 11 is 0. The van der Waals surface area contributed by atoms with Crippen molar-refractivity contribution in [2.75, 3.05) is 7.11 Å². The fourth-order valence-electron chi connectivity index (χ4n) is 2.81. The molecule has 0 bridgehead atoms. The summed E-state index contributed by atoms with van der Waals surface area (Å²) in [6.07, 6.45) is 1.60. The van der Waals surface area contributed by atoms with Crippen LogP contribution in [0.4, 0.5) is 0 Å². The van der Waals surface area contributed by atoms with Gasteiger partial charge in [-0.1, -0.05) is 6.07 Å². The van der Waals surface area contributed by atoms with Crippen molar-refractivity contribution in [3.63, 3.8) is 0 Å².